The van der Waals surface area contributed by atoms with Gasteiger partial charge in [-0.2, -0.15) is 4.31 Å². The van der Waals surface area contributed by atoms with Crippen LogP contribution in [0.4, 0.5) is 0 Å². The molecule has 6 nitrogen and oxygen atoms in total. The van der Waals surface area contributed by atoms with Crippen LogP contribution >= 0.6 is 12.4 Å². The molecule has 2 rings (SSSR count). The lowest BCUT2D eigenvalue weighted by atomic mass is 10.0. The van der Waals surface area contributed by atoms with Crippen LogP contribution in [-0.2, 0) is 10.0 Å². The molecule has 0 radical (unpaired) electrons. The number of hydrogen-bond acceptors (Lipinski definition) is 4. The highest BCUT2D eigenvalue weighted by Gasteiger charge is 2.24. The molecule has 1 aromatic rings. The van der Waals surface area contributed by atoms with E-state index in [1.165, 1.54) is 23.5 Å². The summed E-state index contributed by atoms with van der Waals surface area (Å²) >= 11 is 0. The van der Waals surface area contributed by atoms with Gasteiger partial charge in [-0.3, -0.25) is 4.79 Å². The minimum atomic E-state index is -3.58. The van der Waals surface area contributed by atoms with Gasteiger partial charge in [0.05, 0.1) is 4.90 Å². The summed E-state index contributed by atoms with van der Waals surface area (Å²) in [6.45, 7) is 6.04. The van der Waals surface area contributed by atoms with Gasteiger partial charge in [-0.05, 0) is 32.0 Å². The zero-order valence-corrected chi connectivity index (χ0v) is 15.2. The van der Waals surface area contributed by atoms with Crippen LogP contribution in [0.15, 0.2) is 29.2 Å². The van der Waals surface area contributed by atoms with Crippen LogP contribution in [0.2, 0.25) is 0 Å². The van der Waals surface area contributed by atoms with E-state index in [9.17, 15) is 13.2 Å². The van der Waals surface area contributed by atoms with Crippen LogP contribution in [0.1, 0.15) is 24.2 Å². The molecule has 1 aliphatic rings. The SMILES string of the molecule is CC(C)N(C)S(=O)(=O)c1cccc(C(=O)NCC2CNC2)c1.Cl. The summed E-state index contributed by atoms with van der Waals surface area (Å²) in [5, 5.41) is 5.98. The van der Waals surface area contributed by atoms with Crippen LogP contribution in [0.5, 0.6) is 0 Å². The van der Waals surface area contributed by atoms with Crippen molar-refractivity contribution < 1.29 is 13.2 Å². The van der Waals surface area contributed by atoms with Gasteiger partial charge in [0.2, 0.25) is 10.0 Å². The maximum Gasteiger partial charge on any atom is 0.251 e. The Balaban J connectivity index is 0.00000264. The normalized spacial score (nSPS) is 15.2. The second-order valence-corrected chi connectivity index (χ2v) is 7.87. The molecule has 23 heavy (non-hydrogen) atoms. The predicted molar refractivity (Wildman–Crippen MR) is 92.5 cm³/mol. The number of rotatable bonds is 6. The second-order valence-electron chi connectivity index (χ2n) is 5.88. The minimum absolute atomic E-state index is 0. The molecule has 1 heterocycles. The zero-order valence-electron chi connectivity index (χ0n) is 13.6. The number of hydrogen-bond donors (Lipinski definition) is 2. The topological polar surface area (TPSA) is 78.5 Å². The highest BCUT2D eigenvalue weighted by atomic mass is 35.5. The van der Waals surface area contributed by atoms with E-state index in [0.717, 1.165) is 13.1 Å². The van der Waals surface area contributed by atoms with E-state index in [0.29, 0.717) is 18.0 Å². The van der Waals surface area contributed by atoms with Gasteiger partial charge >= 0.3 is 0 Å². The molecule has 0 aromatic heterocycles. The second kappa shape index (κ2) is 8.10. The van der Waals surface area contributed by atoms with Crippen LogP contribution in [0, 0.1) is 5.92 Å². The number of carbonyl (C=O) groups excluding carboxylic acids is 1. The van der Waals surface area contributed by atoms with Crippen LogP contribution in [-0.4, -0.2) is 51.4 Å². The number of halogens is 1. The van der Waals surface area contributed by atoms with E-state index in [4.69, 9.17) is 0 Å². The molecule has 0 atom stereocenters. The Morgan fingerprint density at radius 1 is 1.39 bits per heavy atom. The first kappa shape index (κ1) is 19.9. The summed E-state index contributed by atoms with van der Waals surface area (Å²) in [5.41, 5.74) is 0.366. The molecular weight excluding hydrogens is 338 g/mol. The fourth-order valence-electron chi connectivity index (χ4n) is 2.07. The fourth-order valence-corrected chi connectivity index (χ4v) is 3.49. The van der Waals surface area contributed by atoms with Crippen molar-refractivity contribution in [3.8, 4) is 0 Å². The summed E-state index contributed by atoms with van der Waals surface area (Å²) in [5.74, 6) is 0.221. The maximum absolute atomic E-state index is 12.5. The third-order valence-electron chi connectivity index (χ3n) is 3.92. The number of benzene rings is 1. The van der Waals surface area contributed by atoms with Crippen molar-refractivity contribution in [2.45, 2.75) is 24.8 Å². The molecule has 1 fully saturated rings. The lowest BCUT2D eigenvalue weighted by Gasteiger charge is -2.27. The van der Waals surface area contributed by atoms with Gasteiger partial charge in [-0.25, -0.2) is 8.42 Å². The standard InChI is InChI=1S/C15H23N3O3S.ClH/c1-11(2)18(3)22(20,21)14-6-4-5-13(7-14)15(19)17-10-12-8-16-9-12;/h4-7,11-12,16H,8-10H2,1-3H3,(H,17,19);1H. The predicted octanol–water partition coefficient (Wildman–Crippen LogP) is 1.09. The van der Waals surface area contributed by atoms with E-state index < -0.39 is 10.0 Å². The Bertz CT molecular complexity index is 645. The molecule has 1 aliphatic heterocycles. The lowest BCUT2D eigenvalue weighted by molar-refractivity contribution is 0.0942. The van der Waals surface area contributed by atoms with Gasteiger partial charge in [-0.1, -0.05) is 6.07 Å². The van der Waals surface area contributed by atoms with E-state index in [2.05, 4.69) is 10.6 Å². The van der Waals surface area contributed by atoms with E-state index >= 15 is 0 Å². The van der Waals surface area contributed by atoms with Gasteiger partial charge in [0.25, 0.3) is 5.91 Å². The molecule has 1 aromatic carbocycles. The first-order chi connectivity index (χ1) is 10.3. The molecule has 130 valence electrons. The Labute approximate surface area is 144 Å². The van der Waals surface area contributed by atoms with Crippen molar-refractivity contribution in [3.05, 3.63) is 29.8 Å². The smallest absolute Gasteiger partial charge is 0.251 e. The van der Waals surface area contributed by atoms with Crippen molar-refractivity contribution in [1.29, 1.82) is 0 Å². The van der Waals surface area contributed by atoms with Crippen molar-refractivity contribution in [3.63, 3.8) is 0 Å². The number of carbonyl (C=O) groups is 1. The molecule has 1 saturated heterocycles. The largest absolute Gasteiger partial charge is 0.352 e. The Hall–Kier alpha value is -1.15. The number of sulfonamides is 1. The third kappa shape index (κ3) is 4.67. The summed E-state index contributed by atoms with van der Waals surface area (Å²) in [7, 11) is -2.04. The maximum atomic E-state index is 12.5. The first-order valence-electron chi connectivity index (χ1n) is 7.39. The summed E-state index contributed by atoms with van der Waals surface area (Å²) in [6, 6.07) is 6.03. The van der Waals surface area contributed by atoms with Gasteiger partial charge in [0, 0.05) is 44.2 Å². The molecule has 0 unspecified atom stereocenters. The fraction of sp³-hybridized carbons (Fsp3) is 0.533. The van der Waals surface area contributed by atoms with Crippen molar-refractivity contribution in [2.75, 3.05) is 26.7 Å². The Morgan fingerprint density at radius 2 is 2.04 bits per heavy atom. The summed E-state index contributed by atoms with van der Waals surface area (Å²) in [6.07, 6.45) is 0. The molecule has 2 N–H and O–H groups in total. The average molecular weight is 362 g/mol. The number of nitrogens with zero attached hydrogens (tertiary/aromatic N) is 1. The molecule has 0 saturated carbocycles. The molecular formula is C15H24ClN3O3S. The molecule has 8 heteroatoms. The zero-order chi connectivity index (χ0) is 16.3. The van der Waals surface area contributed by atoms with Crippen LogP contribution < -0.4 is 10.6 Å². The average Bonchev–Trinajstić information content (AvgIpc) is 2.44. The molecule has 0 aliphatic carbocycles. The van der Waals surface area contributed by atoms with Gasteiger partial charge in [-0.15, -0.1) is 12.4 Å². The van der Waals surface area contributed by atoms with Gasteiger partial charge in [0.15, 0.2) is 0 Å². The van der Waals surface area contributed by atoms with E-state index in [-0.39, 0.29) is 29.3 Å². The minimum Gasteiger partial charge on any atom is -0.352 e. The molecule has 0 bridgehead atoms. The monoisotopic (exact) mass is 361 g/mol. The summed E-state index contributed by atoms with van der Waals surface area (Å²) in [4.78, 5) is 12.3. The molecule has 0 spiro atoms. The van der Waals surface area contributed by atoms with Crippen molar-refractivity contribution in [2.24, 2.45) is 5.92 Å². The highest BCUT2D eigenvalue weighted by Crippen LogP contribution is 2.18. The Morgan fingerprint density at radius 3 is 2.57 bits per heavy atom. The summed E-state index contributed by atoms with van der Waals surface area (Å²) < 4.78 is 26.2. The Kier molecular flexibility index (Phi) is 7.01. The first-order valence-corrected chi connectivity index (χ1v) is 8.83. The quantitative estimate of drug-likeness (QED) is 0.795. The molecule has 1 amide bonds. The van der Waals surface area contributed by atoms with Crippen molar-refractivity contribution in [1.82, 2.24) is 14.9 Å². The van der Waals surface area contributed by atoms with Crippen molar-refractivity contribution >= 4 is 28.3 Å². The van der Waals surface area contributed by atoms with Gasteiger partial charge in [0.1, 0.15) is 0 Å². The van der Waals surface area contributed by atoms with E-state index in [1.807, 2.05) is 0 Å². The highest BCUT2D eigenvalue weighted by molar-refractivity contribution is 7.89. The van der Waals surface area contributed by atoms with E-state index in [1.54, 1.807) is 26.0 Å². The third-order valence-corrected chi connectivity index (χ3v) is 5.95. The number of amides is 1. The lowest BCUT2D eigenvalue weighted by Crippen LogP contribution is -2.48. The van der Waals surface area contributed by atoms with Crippen LogP contribution in [0.3, 0.4) is 0 Å². The number of nitrogens with one attached hydrogen (secondary N) is 2. The van der Waals surface area contributed by atoms with Crippen LogP contribution in [0.25, 0.3) is 0 Å². The van der Waals surface area contributed by atoms with Gasteiger partial charge < -0.3 is 10.6 Å².